The van der Waals surface area contributed by atoms with Crippen molar-refractivity contribution in [2.75, 3.05) is 0 Å². The number of fused-ring (bicyclic) bond motifs is 3. The van der Waals surface area contributed by atoms with Gasteiger partial charge in [0.25, 0.3) is 0 Å². The van der Waals surface area contributed by atoms with Gasteiger partial charge in [0.2, 0.25) is 0 Å². The maximum atomic E-state index is 11.1. The molecule has 0 aliphatic carbocycles. The Balaban J connectivity index is 0.000000157. The van der Waals surface area contributed by atoms with Crippen LogP contribution in [0.1, 0.15) is 31.2 Å². The minimum Gasteiger partial charge on any atom is -0.478 e. The Morgan fingerprint density at radius 3 is 1.70 bits per heavy atom. The van der Waals surface area contributed by atoms with Gasteiger partial charge in [0.15, 0.2) is 5.69 Å². The summed E-state index contributed by atoms with van der Waals surface area (Å²) < 4.78 is 0. The van der Waals surface area contributed by atoms with Crippen LogP contribution in [0, 0.1) is 0 Å². The maximum absolute atomic E-state index is 11.1. The van der Waals surface area contributed by atoms with E-state index in [-0.39, 0.29) is 5.56 Å². The molecule has 3 N–H and O–H groups in total. The molecule has 5 aromatic rings. The van der Waals surface area contributed by atoms with Crippen LogP contribution in [0.2, 0.25) is 0 Å². The quantitative estimate of drug-likeness (QED) is 0.343. The van der Waals surface area contributed by atoms with Crippen molar-refractivity contribution in [2.45, 2.75) is 0 Å². The number of pyridine rings is 2. The lowest BCUT2D eigenvalue weighted by molar-refractivity contribution is 0.0647. The van der Waals surface area contributed by atoms with Crippen LogP contribution in [0.4, 0.5) is 0 Å². The van der Waals surface area contributed by atoms with Crippen molar-refractivity contribution >= 4 is 50.6 Å². The standard InChI is InChI=1S/C14H9NO2.C11H7NO4/c16-14(17)10-5-3-7-13-11(10)8-9-4-1-2-6-12(9)15-13;13-10(14)7-5-6-3-1-2-4-8(6)12-9(7)11(15)16/h1-8H,(H,16,17);1-5H,(H,13,14)(H,15,16). The summed E-state index contributed by atoms with van der Waals surface area (Å²) >= 11 is 0. The molecule has 0 radical (unpaired) electrons. The first-order valence-corrected chi connectivity index (χ1v) is 9.73. The van der Waals surface area contributed by atoms with E-state index >= 15 is 0 Å². The lowest BCUT2D eigenvalue weighted by Crippen LogP contribution is -2.10. The van der Waals surface area contributed by atoms with E-state index in [1.807, 2.05) is 36.4 Å². The SMILES string of the molecule is O=C(O)c1cc2ccccc2nc1C(=O)O.O=C(O)c1cccc2nc3ccccc3cc12. The molecule has 0 atom stereocenters. The fraction of sp³-hybridized carbons (Fsp3) is 0. The van der Waals surface area contributed by atoms with E-state index in [9.17, 15) is 14.4 Å². The van der Waals surface area contributed by atoms with Gasteiger partial charge in [0, 0.05) is 16.2 Å². The van der Waals surface area contributed by atoms with E-state index in [0.29, 0.717) is 27.4 Å². The molecule has 0 saturated heterocycles. The van der Waals surface area contributed by atoms with E-state index in [1.54, 1.807) is 36.4 Å². The molecule has 3 aromatic carbocycles. The van der Waals surface area contributed by atoms with E-state index in [0.717, 1.165) is 10.9 Å². The van der Waals surface area contributed by atoms with Crippen LogP contribution < -0.4 is 0 Å². The van der Waals surface area contributed by atoms with Crippen LogP contribution in [0.3, 0.4) is 0 Å². The predicted molar refractivity (Wildman–Crippen MR) is 122 cm³/mol. The summed E-state index contributed by atoms with van der Waals surface area (Å²) in [5.41, 5.74) is 1.61. The van der Waals surface area contributed by atoms with Gasteiger partial charge in [-0.25, -0.2) is 24.4 Å². The zero-order valence-corrected chi connectivity index (χ0v) is 17.0. The number of carbonyl (C=O) groups is 3. The van der Waals surface area contributed by atoms with E-state index in [1.165, 1.54) is 6.07 Å². The van der Waals surface area contributed by atoms with Crippen LogP contribution in [0.5, 0.6) is 0 Å². The molecule has 2 heterocycles. The van der Waals surface area contributed by atoms with Crippen LogP contribution in [0.25, 0.3) is 32.7 Å². The molecule has 0 fully saturated rings. The number of nitrogens with zero attached hydrogens (tertiary/aromatic N) is 2. The molecule has 0 bridgehead atoms. The van der Waals surface area contributed by atoms with Crippen molar-refractivity contribution in [3.8, 4) is 0 Å². The van der Waals surface area contributed by atoms with Gasteiger partial charge in [-0.3, -0.25) is 0 Å². The van der Waals surface area contributed by atoms with Gasteiger partial charge in [-0.2, -0.15) is 0 Å². The zero-order chi connectivity index (χ0) is 23.5. The van der Waals surface area contributed by atoms with Crippen LogP contribution in [-0.2, 0) is 0 Å². The minimum absolute atomic E-state index is 0.292. The second-order valence-corrected chi connectivity index (χ2v) is 7.05. The summed E-state index contributed by atoms with van der Waals surface area (Å²) in [5, 5.41) is 29.1. The number of rotatable bonds is 3. The van der Waals surface area contributed by atoms with Crippen molar-refractivity contribution < 1.29 is 29.7 Å². The van der Waals surface area contributed by atoms with Gasteiger partial charge in [-0.1, -0.05) is 42.5 Å². The normalized spacial score (nSPS) is 10.5. The molecule has 0 amide bonds. The summed E-state index contributed by atoms with van der Waals surface area (Å²) in [6.07, 6.45) is 0. The highest BCUT2D eigenvalue weighted by Gasteiger charge is 2.18. The Hall–Kier alpha value is -4.85. The number of carboxylic acid groups (broad SMARTS) is 3. The predicted octanol–water partition coefficient (Wildman–Crippen LogP) is 4.72. The molecule has 33 heavy (non-hydrogen) atoms. The number of aromatic carboxylic acids is 3. The third-order valence-electron chi connectivity index (χ3n) is 4.95. The smallest absolute Gasteiger partial charge is 0.355 e. The van der Waals surface area contributed by atoms with Crippen molar-refractivity contribution in [3.05, 3.63) is 95.7 Å². The topological polar surface area (TPSA) is 138 Å². The van der Waals surface area contributed by atoms with Crippen LogP contribution >= 0.6 is 0 Å². The van der Waals surface area contributed by atoms with Crippen LogP contribution in [0.15, 0.2) is 78.9 Å². The van der Waals surface area contributed by atoms with E-state index < -0.39 is 23.6 Å². The molecule has 0 aliphatic rings. The molecule has 5 rings (SSSR count). The Labute approximate surface area is 186 Å². The molecule has 0 aliphatic heterocycles. The molecule has 8 nitrogen and oxygen atoms in total. The number of carboxylic acids is 3. The highest BCUT2D eigenvalue weighted by atomic mass is 16.4. The average Bonchev–Trinajstić information content (AvgIpc) is 2.81. The molecular weight excluding hydrogens is 424 g/mol. The third kappa shape index (κ3) is 4.31. The molecule has 2 aromatic heterocycles. The van der Waals surface area contributed by atoms with Gasteiger partial charge in [-0.05, 0) is 36.4 Å². The number of hydrogen-bond donors (Lipinski definition) is 3. The van der Waals surface area contributed by atoms with Gasteiger partial charge < -0.3 is 15.3 Å². The molecule has 0 spiro atoms. The average molecular weight is 440 g/mol. The fourth-order valence-corrected chi connectivity index (χ4v) is 3.43. The van der Waals surface area contributed by atoms with Crippen molar-refractivity contribution in [3.63, 3.8) is 0 Å². The van der Waals surface area contributed by atoms with E-state index in [2.05, 4.69) is 9.97 Å². The third-order valence-corrected chi connectivity index (χ3v) is 4.95. The van der Waals surface area contributed by atoms with E-state index in [4.69, 9.17) is 15.3 Å². The number of hydrogen-bond acceptors (Lipinski definition) is 5. The van der Waals surface area contributed by atoms with Crippen molar-refractivity contribution in [1.29, 1.82) is 0 Å². The number of benzene rings is 3. The summed E-state index contributed by atoms with van der Waals surface area (Å²) in [4.78, 5) is 41.1. The maximum Gasteiger partial charge on any atom is 0.355 e. The second kappa shape index (κ2) is 8.72. The summed E-state index contributed by atoms with van der Waals surface area (Å²) in [6.45, 7) is 0. The summed E-state index contributed by atoms with van der Waals surface area (Å²) in [6, 6.07) is 22.8. The highest BCUT2D eigenvalue weighted by Crippen LogP contribution is 2.22. The van der Waals surface area contributed by atoms with Gasteiger partial charge in [0.1, 0.15) is 0 Å². The Bertz CT molecular complexity index is 1510. The first-order valence-electron chi connectivity index (χ1n) is 9.73. The molecule has 0 saturated carbocycles. The largest absolute Gasteiger partial charge is 0.478 e. The second-order valence-electron chi connectivity index (χ2n) is 7.05. The molecule has 8 heteroatoms. The monoisotopic (exact) mass is 440 g/mol. The number of aromatic nitrogens is 2. The Morgan fingerprint density at radius 1 is 0.545 bits per heavy atom. The summed E-state index contributed by atoms with van der Waals surface area (Å²) in [5.74, 6) is -3.56. The fourth-order valence-electron chi connectivity index (χ4n) is 3.43. The first-order chi connectivity index (χ1) is 15.8. The lowest BCUT2D eigenvalue weighted by atomic mass is 10.1. The van der Waals surface area contributed by atoms with Gasteiger partial charge >= 0.3 is 17.9 Å². The van der Waals surface area contributed by atoms with Crippen LogP contribution in [-0.4, -0.2) is 43.2 Å². The minimum atomic E-state index is -1.34. The van der Waals surface area contributed by atoms with Crippen molar-refractivity contribution in [1.82, 2.24) is 9.97 Å². The van der Waals surface area contributed by atoms with Gasteiger partial charge in [-0.15, -0.1) is 0 Å². The number of para-hydroxylation sites is 2. The molecular formula is C25H16N2O6. The Morgan fingerprint density at radius 2 is 1.09 bits per heavy atom. The molecule has 162 valence electrons. The molecule has 0 unspecified atom stereocenters. The van der Waals surface area contributed by atoms with Gasteiger partial charge in [0.05, 0.1) is 27.7 Å². The summed E-state index contributed by atoms with van der Waals surface area (Å²) in [7, 11) is 0. The lowest BCUT2D eigenvalue weighted by Gasteiger charge is -2.04. The first kappa shape index (κ1) is 21.4. The highest BCUT2D eigenvalue weighted by molar-refractivity contribution is 6.06. The Kier molecular flexibility index (Phi) is 5.65. The zero-order valence-electron chi connectivity index (χ0n) is 17.0. The van der Waals surface area contributed by atoms with Crippen molar-refractivity contribution in [2.24, 2.45) is 0 Å².